The van der Waals surface area contributed by atoms with Crippen molar-refractivity contribution in [1.82, 2.24) is 9.80 Å². The molecule has 0 saturated heterocycles. The lowest BCUT2D eigenvalue weighted by Gasteiger charge is -2.38. The van der Waals surface area contributed by atoms with Gasteiger partial charge in [-0.3, -0.25) is 9.59 Å². The van der Waals surface area contributed by atoms with Gasteiger partial charge in [-0.05, 0) is 60.4 Å². The highest BCUT2D eigenvalue weighted by molar-refractivity contribution is 7.10. The Balaban J connectivity index is 1.76. The first-order chi connectivity index (χ1) is 15.8. The zero-order valence-electron chi connectivity index (χ0n) is 20.4. The minimum Gasteiger partial charge on any atom is -0.491 e. The first-order valence-electron chi connectivity index (χ1n) is 11.7. The normalized spacial score (nSPS) is 16.4. The molecule has 33 heavy (non-hydrogen) atoms. The molecule has 3 rings (SSSR count). The topological polar surface area (TPSA) is 59.1 Å². The zero-order chi connectivity index (χ0) is 24.0. The van der Waals surface area contributed by atoms with Gasteiger partial charge < -0.3 is 19.3 Å². The van der Waals surface area contributed by atoms with E-state index < -0.39 is 0 Å². The van der Waals surface area contributed by atoms with Gasteiger partial charge >= 0.3 is 0 Å². The Kier molecular flexibility index (Phi) is 8.92. The summed E-state index contributed by atoms with van der Waals surface area (Å²) >= 11 is 1.73. The molecule has 1 aliphatic heterocycles. The summed E-state index contributed by atoms with van der Waals surface area (Å²) in [7, 11) is 1.50. The van der Waals surface area contributed by atoms with Gasteiger partial charge in [0.1, 0.15) is 25.5 Å². The molecule has 7 heteroatoms. The number of methoxy groups -OCH3 is 1. The van der Waals surface area contributed by atoms with Gasteiger partial charge in [0.05, 0.1) is 6.04 Å². The molecule has 180 valence electrons. The van der Waals surface area contributed by atoms with Crippen molar-refractivity contribution in [3.05, 3.63) is 51.7 Å². The smallest absolute Gasteiger partial charge is 0.249 e. The largest absolute Gasteiger partial charge is 0.491 e. The Hall–Kier alpha value is -2.38. The van der Waals surface area contributed by atoms with E-state index in [2.05, 4.69) is 37.4 Å². The maximum atomic E-state index is 13.4. The molecular weight excluding hydrogens is 436 g/mol. The van der Waals surface area contributed by atoms with Crippen molar-refractivity contribution in [2.45, 2.75) is 58.5 Å². The van der Waals surface area contributed by atoms with Gasteiger partial charge in [0, 0.05) is 24.6 Å². The van der Waals surface area contributed by atoms with Crippen LogP contribution in [0.25, 0.3) is 0 Å². The van der Waals surface area contributed by atoms with E-state index in [0.29, 0.717) is 19.1 Å². The van der Waals surface area contributed by atoms with Gasteiger partial charge in [-0.25, -0.2) is 0 Å². The van der Waals surface area contributed by atoms with Crippen LogP contribution < -0.4 is 4.74 Å². The highest BCUT2D eigenvalue weighted by Crippen LogP contribution is 2.34. The SMILES string of the molecule is CC[C@H](C)N(CC(=O)N1CCc2sccc2[C@@H]1COc1ccc(C(C)C)cc1)C(=O)COC. The predicted octanol–water partition coefficient (Wildman–Crippen LogP) is 4.65. The third-order valence-electron chi connectivity index (χ3n) is 6.39. The fourth-order valence-corrected chi connectivity index (χ4v) is 5.08. The molecule has 2 aromatic rings. The Morgan fingerprint density at radius 3 is 2.55 bits per heavy atom. The van der Waals surface area contributed by atoms with E-state index in [1.165, 1.54) is 17.6 Å². The van der Waals surface area contributed by atoms with E-state index in [1.807, 2.05) is 30.9 Å². The standard InChI is InChI=1S/C26H36N2O4S/c1-6-19(4)28(26(30)17-31-5)15-25(29)27-13-11-24-22(12-14-33-24)23(27)16-32-21-9-7-20(8-10-21)18(2)3/h7-10,12,14,18-19,23H,6,11,13,15-17H2,1-5H3/t19-,23-/m0/s1. The Morgan fingerprint density at radius 2 is 1.91 bits per heavy atom. The number of benzene rings is 1. The minimum absolute atomic E-state index is 0.0226. The lowest BCUT2D eigenvalue weighted by Crippen LogP contribution is -2.50. The van der Waals surface area contributed by atoms with Gasteiger partial charge in [0.15, 0.2) is 0 Å². The number of amides is 2. The predicted molar refractivity (Wildman–Crippen MR) is 132 cm³/mol. The Labute approximate surface area is 201 Å². The van der Waals surface area contributed by atoms with E-state index in [9.17, 15) is 9.59 Å². The van der Waals surface area contributed by atoms with E-state index in [-0.39, 0.29) is 37.0 Å². The summed E-state index contributed by atoms with van der Waals surface area (Å²) in [6, 6.07) is 10.1. The molecule has 2 atom stereocenters. The number of carbonyl (C=O) groups excluding carboxylic acids is 2. The van der Waals surface area contributed by atoms with Gasteiger partial charge in [-0.1, -0.05) is 32.9 Å². The van der Waals surface area contributed by atoms with Gasteiger partial charge in [-0.2, -0.15) is 0 Å². The summed E-state index contributed by atoms with van der Waals surface area (Å²) in [5, 5.41) is 2.08. The van der Waals surface area contributed by atoms with E-state index in [4.69, 9.17) is 9.47 Å². The summed E-state index contributed by atoms with van der Waals surface area (Å²) < 4.78 is 11.2. The first kappa shape index (κ1) is 25.2. The van der Waals surface area contributed by atoms with Crippen molar-refractivity contribution in [2.75, 3.05) is 33.4 Å². The molecular formula is C26H36N2O4S. The van der Waals surface area contributed by atoms with Crippen molar-refractivity contribution in [3.63, 3.8) is 0 Å². The molecule has 2 amide bonds. The highest BCUT2D eigenvalue weighted by Gasteiger charge is 2.34. The average molecular weight is 473 g/mol. The van der Waals surface area contributed by atoms with E-state index >= 15 is 0 Å². The molecule has 0 saturated carbocycles. The number of thiophene rings is 1. The summed E-state index contributed by atoms with van der Waals surface area (Å²) in [6.45, 7) is 9.35. The second-order valence-corrected chi connectivity index (χ2v) is 9.90. The highest BCUT2D eigenvalue weighted by atomic mass is 32.1. The van der Waals surface area contributed by atoms with Crippen molar-refractivity contribution in [1.29, 1.82) is 0 Å². The number of hydrogen-bond acceptors (Lipinski definition) is 5. The van der Waals surface area contributed by atoms with Crippen LogP contribution in [0.4, 0.5) is 0 Å². The van der Waals surface area contributed by atoms with Crippen molar-refractivity contribution >= 4 is 23.2 Å². The quantitative estimate of drug-likeness (QED) is 0.505. The summed E-state index contributed by atoms with van der Waals surface area (Å²) in [6.07, 6.45) is 1.60. The maximum absolute atomic E-state index is 13.4. The average Bonchev–Trinajstić information content (AvgIpc) is 3.29. The van der Waals surface area contributed by atoms with Crippen LogP contribution in [0.3, 0.4) is 0 Å². The van der Waals surface area contributed by atoms with Crippen LogP contribution in [0, 0.1) is 0 Å². The Morgan fingerprint density at radius 1 is 1.18 bits per heavy atom. The molecule has 1 aromatic carbocycles. The van der Waals surface area contributed by atoms with Crippen LogP contribution >= 0.6 is 11.3 Å². The van der Waals surface area contributed by atoms with Gasteiger partial charge in [0.25, 0.3) is 0 Å². The van der Waals surface area contributed by atoms with E-state index in [0.717, 1.165) is 24.2 Å². The zero-order valence-corrected chi connectivity index (χ0v) is 21.2. The van der Waals surface area contributed by atoms with Crippen LogP contribution in [0.1, 0.15) is 62.1 Å². The summed E-state index contributed by atoms with van der Waals surface area (Å²) in [4.78, 5) is 30.9. The fourth-order valence-electron chi connectivity index (χ4n) is 4.15. The lowest BCUT2D eigenvalue weighted by atomic mass is 10.00. The number of hydrogen-bond donors (Lipinski definition) is 0. The molecule has 1 aromatic heterocycles. The van der Waals surface area contributed by atoms with Gasteiger partial charge in [0.2, 0.25) is 11.8 Å². The van der Waals surface area contributed by atoms with Crippen LogP contribution in [-0.2, 0) is 20.7 Å². The molecule has 0 bridgehead atoms. The van der Waals surface area contributed by atoms with Crippen LogP contribution in [-0.4, -0.2) is 61.1 Å². The molecule has 0 aliphatic carbocycles. The summed E-state index contributed by atoms with van der Waals surface area (Å²) in [5.74, 6) is 1.05. The lowest BCUT2D eigenvalue weighted by molar-refractivity contribution is -0.146. The van der Waals surface area contributed by atoms with Crippen LogP contribution in [0.2, 0.25) is 0 Å². The van der Waals surface area contributed by atoms with E-state index in [1.54, 1.807) is 16.2 Å². The molecule has 0 fully saturated rings. The number of nitrogens with zero attached hydrogens (tertiary/aromatic N) is 2. The number of rotatable bonds is 10. The van der Waals surface area contributed by atoms with Crippen LogP contribution in [0.5, 0.6) is 5.75 Å². The minimum atomic E-state index is -0.173. The van der Waals surface area contributed by atoms with Crippen LogP contribution in [0.15, 0.2) is 35.7 Å². The monoisotopic (exact) mass is 472 g/mol. The number of fused-ring (bicyclic) bond motifs is 1. The fraction of sp³-hybridized carbons (Fsp3) is 0.538. The third-order valence-corrected chi connectivity index (χ3v) is 7.38. The molecule has 1 aliphatic rings. The molecule has 0 N–H and O–H groups in total. The van der Waals surface area contributed by atoms with Crippen molar-refractivity contribution in [2.24, 2.45) is 0 Å². The maximum Gasteiger partial charge on any atom is 0.249 e. The first-order valence-corrected chi connectivity index (χ1v) is 12.6. The number of ether oxygens (including phenoxy) is 2. The molecule has 0 unspecified atom stereocenters. The Bertz CT molecular complexity index is 925. The second-order valence-electron chi connectivity index (χ2n) is 8.90. The molecule has 0 spiro atoms. The molecule has 2 heterocycles. The number of carbonyl (C=O) groups is 2. The summed E-state index contributed by atoms with van der Waals surface area (Å²) in [5.41, 5.74) is 2.42. The third kappa shape index (κ3) is 6.15. The van der Waals surface area contributed by atoms with Gasteiger partial charge in [-0.15, -0.1) is 11.3 Å². The van der Waals surface area contributed by atoms with Crippen molar-refractivity contribution < 1.29 is 19.1 Å². The molecule has 0 radical (unpaired) electrons. The molecule has 6 nitrogen and oxygen atoms in total. The van der Waals surface area contributed by atoms with Crippen molar-refractivity contribution in [3.8, 4) is 5.75 Å². The second kappa shape index (κ2) is 11.7.